The number of phenols is 1. The highest BCUT2D eigenvalue weighted by Gasteiger charge is 2.14. The van der Waals surface area contributed by atoms with Crippen molar-refractivity contribution in [3.63, 3.8) is 0 Å². The molecule has 0 aromatic heterocycles. The zero-order valence-electron chi connectivity index (χ0n) is 11.7. The third-order valence-corrected chi connectivity index (χ3v) is 6.08. The third-order valence-electron chi connectivity index (χ3n) is 3.89. The lowest BCUT2D eigenvalue weighted by molar-refractivity contribution is 0.0649. The molecule has 2 rings (SSSR count). The SMILES string of the molecule is Oc1ccc(CCCC[SiH2]C2CCCCO2)c(F)c1F. The van der Waals surface area contributed by atoms with Gasteiger partial charge in [-0.3, -0.25) is 0 Å². The van der Waals surface area contributed by atoms with Crippen LogP contribution in [0.5, 0.6) is 5.75 Å². The van der Waals surface area contributed by atoms with E-state index in [2.05, 4.69) is 0 Å². The molecular weight excluding hydrogens is 278 g/mol. The van der Waals surface area contributed by atoms with E-state index in [1.165, 1.54) is 37.4 Å². The summed E-state index contributed by atoms with van der Waals surface area (Å²) in [4.78, 5) is 0. The maximum atomic E-state index is 13.5. The molecule has 1 aliphatic heterocycles. The summed E-state index contributed by atoms with van der Waals surface area (Å²) in [7, 11) is -0.189. The van der Waals surface area contributed by atoms with Gasteiger partial charge < -0.3 is 9.84 Å². The van der Waals surface area contributed by atoms with Crippen molar-refractivity contribution in [2.75, 3.05) is 6.61 Å². The molecule has 0 spiro atoms. The van der Waals surface area contributed by atoms with Gasteiger partial charge in [0.25, 0.3) is 0 Å². The fraction of sp³-hybridized carbons (Fsp3) is 0.600. The summed E-state index contributed by atoms with van der Waals surface area (Å²) in [5.74, 6) is -2.65. The largest absolute Gasteiger partial charge is 0.505 e. The van der Waals surface area contributed by atoms with E-state index in [0.29, 0.717) is 17.7 Å². The average molecular weight is 300 g/mol. The zero-order chi connectivity index (χ0) is 14.4. The summed E-state index contributed by atoms with van der Waals surface area (Å²) < 4.78 is 32.4. The number of hydrogen-bond acceptors (Lipinski definition) is 2. The Bertz CT molecular complexity index is 434. The van der Waals surface area contributed by atoms with Gasteiger partial charge in [0.15, 0.2) is 11.6 Å². The fourth-order valence-corrected chi connectivity index (χ4v) is 4.68. The maximum Gasteiger partial charge on any atom is 0.200 e. The van der Waals surface area contributed by atoms with Crippen molar-refractivity contribution in [1.82, 2.24) is 0 Å². The summed E-state index contributed by atoms with van der Waals surface area (Å²) in [5, 5.41) is 9.06. The molecule has 1 fully saturated rings. The van der Waals surface area contributed by atoms with Gasteiger partial charge in [-0.15, -0.1) is 0 Å². The Balaban J connectivity index is 1.67. The van der Waals surface area contributed by atoms with Crippen LogP contribution in [0.1, 0.15) is 37.7 Å². The first-order chi connectivity index (χ1) is 9.68. The first-order valence-electron chi connectivity index (χ1n) is 7.46. The van der Waals surface area contributed by atoms with Gasteiger partial charge in [0, 0.05) is 12.3 Å². The predicted octanol–water partition coefficient (Wildman–Crippen LogP) is 3.11. The van der Waals surface area contributed by atoms with Crippen LogP contribution in [-0.4, -0.2) is 27.0 Å². The molecule has 0 saturated carbocycles. The number of halogens is 2. The molecule has 1 heterocycles. The number of phenolic OH excluding ortho intramolecular Hbond substituents is 1. The number of unbranched alkanes of at least 4 members (excludes halogenated alkanes) is 1. The highest BCUT2D eigenvalue weighted by molar-refractivity contribution is 6.37. The monoisotopic (exact) mass is 300 g/mol. The van der Waals surface area contributed by atoms with E-state index in [1.807, 2.05) is 0 Å². The molecule has 1 unspecified atom stereocenters. The van der Waals surface area contributed by atoms with Crippen LogP contribution in [0.15, 0.2) is 12.1 Å². The number of benzene rings is 1. The lowest BCUT2D eigenvalue weighted by Crippen LogP contribution is -2.25. The number of aromatic hydroxyl groups is 1. The van der Waals surface area contributed by atoms with E-state index < -0.39 is 17.4 Å². The van der Waals surface area contributed by atoms with Crippen molar-refractivity contribution in [3.8, 4) is 5.75 Å². The maximum absolute atomic E-state index is 13.5. The van der Waals surface area contributed by atoms with Crippen LogP contribution in [0.4, 0.5) is 8.78 Å². The van der Waals surface area contributed by atoms with Crippen molar-refractivity contribution in [2.24, 2.45) is 0 Å². The Morgan fingerprint density at radius 3 is 2.80 bits per heavy atom. The van der Waals surface area contributed by atoms with Gasteiger partial charge >= 0.3 is 0 Å². The van der Waals surface area contributed by atoms with Crippen LogP contribution < -0.4 is 0 Å². The summed E-state index contributed by atoms with van der Waals surface area (Å²) in [5.41, 5.74) is 0.891. The van der Waals surface area contributed by atoms with Crippen LogP contribution in [0.3, 0.4) is 0 Å². The van der Waals surface area contributed by atoms with Gasteiger partial charge in [-0.1, -0.05) is 18.5 Å². The first-order valence-corrected chi connectivity index (χ1v) is 9.27. The molecule has 112 valence electrons. The summed E-state index contributed by atoms with van der Waals surface area (Å²) in [6.07, 6.45) is 6.13. The van der Waals surface area contributed by atoms with Crippen LogP contribution in [0, 0.1) is 11.6 Å². The van der Waals surface area contributed by atoms with E-state index in [-0.39, 0.29) is 9.52 Å². The molecular formula is C15H22F2O2Si. The van der Waals surface area contributed by atoms with E-state index in [0.717, 1.165) is 19.4 Å². The van der Waals surface area contributed by atoms with Gasteiger partial charge in [0.2, 0.25) is 5.82 Å². The number of rotatable bonds is 6. The number of hydrogen-bond donors (Lipinski definition) is 1. The van der Waals surface area contributed by atoms with Crippen molar-refractivity contribution < 1.29 is 18.6 Å². The minimum atomic E-state index is -1.13. The van der Waals surface area contributed by atoms with Crippen molar-refractivity contribution >= 4 is 9.52 Å². The van der Waals surface area contributed by atoms with Crippen LogP contribution in [0.2, 0.25) is 6.04 Å². The van der Waals surface area contributed by atoms with E-state index >= 15 is 0 Å². The minimum Gasteiger partial charge on any atom is -0.505 e. The fourth-order valence-electron chi connectivity index (χ4n) is 2.67. The molecule has 1 saturated heterocycles. The summed E-state index contributed by atoms with van der Waals surface area (Å²) in [6, 6.07) is 3.89. The second kappa shape index (κ2) is 7.74. The molecule has 1 aromatic rings. The molecule has 5 heteroatoms. The number of ether oxygens (including phenoxy) is 1. The highest BCUT2D eigenvalue weighted by Crippen LogP contribution is 2.22. The molecule has 0 radical (unpaired) electrons. The minimum absolute atomic E-state index is 0.189. The Morgan fingerprint density at radius 2 is 2.05 bits per heavy atom. The molecule has 1 N–H and O–H groups in total. The Kier molecular flexibility index (Phi) is 5.98. The quantitative estimate of drug-likeness (QED) is 0.646. The van der Waals surface area contributed by atoms with Gasteiger partial charge in [-0.2, -0.15) is 4.39 Å². The standard InChI is InChI=1S/C15H22F2O2Si/c16-14-11(7-8-12(18)15(14)17)5-2-4-10-20-13-6-1-3-9-19-13/h7-8,13,18H,1-6,9-10,20H2. The second-order valence-corrected chi connectivity index (χ2v) is 7.65. The van der Waals surface area contributed by atoms with E-state index in [1.54, 1.807) is 0 Å². The first kappa shape index (κ1) is 15.4. The average Bonchev–Trinajstić information content (AvgIpc) is 2.48. The lowest BCUT2D eigenvalue weighted by Gasteiger charge is -2.22. The van der Waals surface area contributed by atoms with Crippen LogP contribution in [0.25, 0.3) is 0 Å². The molecule has 1 atom stereocenters. The Labute approximate surface area is 121 Å². The molecule has 1 aliphatic rings. The van der Waals surface area contributed by atoms with E-state index in [9.17, 15) is 8.78 Å². The van der Waals surface area contributed by atoms with Crippen LogP contribution >= 0.6 is 0 Å². The van der Waals surface area contributed by atoms with Gasteiger partial charge in [0.1, 0.15) is 0 Å². The topological polar surface area (TPSA) is 29.5 Å². The Hall–Kier alpha value is -0.943. The van der Waals surface area contributed by atoms with Crippen LogP contribution in [-0.2, 0) is 11.2 Å². The molecule has 0 bridgehead atoms. The summed E-state index contributed by atoms with van der Waals surface area (Å²) in [6.45, 7) is 0.912. The van der Waals surface area contributed by atoms with E-state index in [4.69, 9.17) is 9.84 Å². The zero-order valence-corrected chi connectivity index (χ0v) is 13.1. The summed E-state index contributed by atoms with van der Waals surface area (Å²) >= 11 is 0. The van der Waals surface area contributed by atoms with Gasteiger partial charge in [-0.25, -0.2) is 4.39 Å². The normalized spacial score (nSPS) is 19.8. The molecule has 2 nitrogen and oxygen atoms in total. The van der Waals surface area contributed by atoms with Crippen molar-refractivity contribution in [2.45, 2.75) is 50.3 Å². The smallest absolute Gasteiger partial charge is 0.200 e. The lowest BCUT2D eigenvalue weighted by atomic mass is 10.1. The highest BCUT2D eigenvalue weighted by atomic mass is 28.2. The van der Waals surface area contributed by atoms with Crippen molar-refractivity contribution in [3.05, 3.63) is 29.3 Å². The predicted molar refractivity (Wildman–Crippen MR) is 77.9 cm³/mol. The number of aryl methyl sites for hydroxylation is 1. The molecule has 20 heavy (non-hydrogen) atoms. The van der Waals surface area contributed by atoms with Gasteiger partial charge in [-0.05, 0) is 43.7 Å². The second-order valence-electron chi connectivity index (χ2n) is 5.46. The molecule has 1 aromatic carbocycles. The molecule has 0 aliphatic carbocycles. The Morgan fingerprint density at radius 1 is 1.20 bits per heavy atom. The van der Waals surface area contributed by atoms with Gasteiger partial charge in [0.05, 0.1) is 9.52 Å². The third kappa shape index (κ3) is 4.28. The molecule has 0 amide bonds. The van der Waals surface area contributed by atoms with Crippen molar-refractivity contribution in [1.29, 1.82) is 0 Å².